The van der Waals surface area contributed by atoms with Crippen LogP contribution in [0.25, 0.3) is 10.8 Å². The van der Waals surface area contributed by atoms with Crippen molar-refractivity contribution >= 4 is 34.3 Å². The molecule has 2 aromatic rings. The van der Waals surface area contributed by atoms with E-state index in [9.17, 15) is 4.79 Å². The maximum Gasteiger partial charge on any atom is 0.270 e. The SMILES string of the molecule is CNc1nc(C(=O)NCC(C)CSC)cc2ccccc12. The minimum Gasteiger partial charge on any atom is -0.373 e. The second kappa shape index (κ2) is 7.31. The number of pyridine rings is 1. The summed E-state index contributed by atoms with van der Waals surface area (Å²) in [7, 11) is 1.82. The van der Waals surface area contributed by atoms with E-state index in [-0.39, 0.29) is 5.91 Å². The zero-order chi connectivity index (χ0) is 15.2. The van der Waals surface area contributed by atoms with Crippen LogP contribution in [-0.4, -0.2) is 36.5 Å². The lowest BCUT2D eigenvalue weighted by molar-refractivity contribution is 0.0944. The first kappa shape index (κ1) is 15.6. The molecule has 0 aliphatic heterocycles. The monoisotopic (exact) mass is 303 g/mol. The molecule has 5 heteroatoms. The number of hydrogen-bond donors (Lipinski definition) is 2. The van der Waals surface area contributed by atoms with Gasteiger partial charge < -0.3 is 10.6 Å². The Morgan fingerprint density at radius 3 is 2.86 bits per heavy atom. The van der Waals surface area contributed by atoms with Crippen molar-refractivity contribution < 1.29 is 4.79 Å². The Labute approximate surface area is 129 Å². The van der Waals surface area contributed by atoms with Crippen LogP contribution in [0.2, 0.25) is 0 Å². The van der Waals surface area contributed by atoms with E-state index in [0.717, 1.165) is 22.3 Å². The van der Waals surface area contributed by atoms with Gasteiger partial charge in [0.25, 0.3) is 5.91 Å². The summed E-state index contributed by atoms with van der Waals surface area (Å²) < 4.78 is 0. The molecule has 0 fully saturated rings. The lowest BCUT2D eigenvalue weighted by Gasteiger charge is -2.12. The van der Waals surface area contributed by atoms with Gasteiger partial charge in [-0.2, -0.15) is 11.8 Å². The molecule has 0 radical (unpaired) electrons. The number of nitrogens with one attached hydrogen (secondary N) is 2. The molecule has 1 aromatic heterocycles. The van der Waals surface area contributed by atoms with E-state index in [1.54, 1.807) is 11.8 Å². The summed E-state index contributed by atoms with van der Waals surface area (Å²) >= 11 is 1.79. The van der Waals surface area contributed by atoms with Crippen molar-refractivity contribution in [1.29, 1.82) is 0 Å². The average Bonchev–Trinajstić information content (AvgIpc) is 2.51. The number of carbonyl (C=O) groups is 1. The van der Waals surface area contributed by atoms with Crippen LogP contribution in [0.4, 0.5) is 5.82 Å². The average molecular weight is 303 g/mol. The minimum atomic E-state index is -0.120. The molecule has 0 aliphatic rings. The van der Waals surface area contributed by atoms with E-state index in [1.165, 1.54) is 0 Å². The van der Waals surface area contributed by atoms with Crippen LogP contribution in [0.1, 0.15) is 17.4 Å². The van der Waals surface area contributed by atoms with Gasteiger partial charge in [0, 0.05) is 19.0 Å². The van der Waals surface area contributed by atoms with Gasteiger partial charge in [-0.1, -0.05) is 31.2 Å². The van der Waals surface area contributed by atoms with Crippen LogP contribution in [0.15, 0.2) is 30.3 Å². The van der Waals surface area contributed by atoms with Crippen LogP contribution in [0.3, 0.4) is 0 Å². The number of amides is 1. The Kier molecular flexibility index (Phi) is 5.44. The van der Waals surface area contributed by atoms with E-state index in [0.29, 0.717) is 18.2 Å². The second-order valence-corrected chi connectivity index (χ2v) is 6.01. The first-order chi connectivity index (χ1) is 10.2. The first-order valence-electron chi connectivity index (χ1n) is 7.00. The Hall–Kier alpha value is -1.75. The molecule has 2 N–H and O–H groups in total. The van der Waals surface area contributed by atoms with Crippen LogP contribution >= 0.6 is 11.8 Å². The Morgan fingerprint density at radius 1 is 1.38 bits per heavy atom. The second-order valence-electron chi connectivity index (χ2n) is 5.10. The smallest absolute Gasteiger partial charge is 0.270 e. The van der Waals surface area contributed by atoms with Gasteiger partial charge in [0.15, 0.2) is 0 Å². The molecule has 4 nitrogen and oxygen atoms in total. The van der Waals surface area contributed by atoms with Gasteiger partial charge in [-0.25, -0.2) is 4.98 Å². The molecular weight excluding hydrogens is 282 g/mol. The molecule has 21 heavy (non-hydrogen) atoms. The zero-order valence-electron chi connectivity index (χ0n) is 12.6. The van der Waals surface area contributed by atoms with E-state index in [1.807, 2.05) is 37.4 Å². The van der Waals surface area contributed by atoms with Gasteiger partial charge >= 0.3 is 0 Å². The van der Waals surface area contributed by atoms with Crippen molar-refractivity contribution in [2.75, 3.05) is 30.9 Å². The number of anilines is 1. The molecule has 0 saturated carbocycles. The molecular formula is C16H21N3OS. The molecule has 0 bridgehead atoms. The van der Waals surface area contributed by atoms with Crippen LogP contribution in [0, 0.1) is 5.92 Å². The molecule has 1 unspecified atom stereocenters. The van der Waals surface area contributed by atoms with E-state index < -0.39 is 0 Å². The van der Waals surface area contributed by atoms with Gasteiger partial charge in [-0.05, 0) is 29.4 Å². The fraction of sp³-hybridized carbons (Fsp3) is 0.375. The molecule has 0 aliphatic carbocycles. The third-order valence-electron chi connectivity index (χ3n) is 3.27. The number of aromatic nitrogens is 1. The highest BCUT2D eigenvalue weighted by Gasteiger charge is 2.12. The lowest BCUT2D eigenvalue weighted by atomic mass is 10.1. The summed E-state index contributed by atoms with van der Waals surface area (Å²) in [5.41, 5.74) is 0.453. The van der Waals surface area contributed by atoms with Gasteiger partial charge in [-0.15, -0.1) is 0 Å². The largest absolute Gasteiger partial charge is 0.373 e. The summed E-state index contributed by atoms with van der Waals surface area (Å²) in [6.45, 7) is 2.80. The van der Waals surface area contributed by atoms with Crippen molar-refractivity contribution in [2.45, 2.75) is 6.92 Å². The summed E-state index contributed by atoms with van der Waals surface area (Å²) in [6.07, 6.45) is 2.07. The highest BCUT2D eigenvalue weighted by atomic mass is 32.2. The molecule has 112 valence electrons. The summed E-state index contributed by atoms with van der Waals surface area (Å²) in [4.78, 5) is 16.7. The third kappa shape index (κ3) is 3.88. The van der Waals surface area contributed by atoms with Crippen molar-refractivity contribution in [3.8, 4) is 0 Å². The summed E-state index contributed by atoms with van der Waals surface area (Å²) in [6, 6.07) is 9.75. The van der Waals surface area contributed by atoms with Crippen LogP contribution in [-0.2, 0) is 0 Å². The van der Waals surface area contributed by atoms with E-state index in [2.05, 4.69) is 28.8 Å². The number of benzene rings is 1. The molecule has 1 atom stereocenters. The van der Waals surface area contributed by atoms with Gasteiger partial charge in [0.1, 0.15) is 11.5 Å². The molecule has 1 aromatic carbocycles. The number of carbonyl (C=O) groups excluding carboxylic acids is 1. The van der Waals surface area contributed by atoms with Crippen LogP contribution < -0.4 is 10.6 Å². The molecule has 1 amide bonds. The Morgan fingerprint density at radius 2 is 2.14 bits per heavy atom. The predicted octanol–water partition coefficient (Wildman–Crippen LogP) is 3.01. The van der Waals surface area contributed by atoms with Crippen LogP contribution in [0.5, 0.6) is 0 Å². The molecule has 1 heterocycles. The fourth-order valence-electron chi connectivity index (χ4n) is 2.21. The van der Waals surface area contributed by atoms with Crippen molar-refractivity contribution in [3.05, 3.63) is 36.0 Å². The van der Waals surface area contributed by atoms with Crippen molar-refractivity contribution in [3.63, 3.8) is 0 Å². The highest BCUT2D eigenvalue weighted by molar-refractivity contribution is 7.98. The van der Waals surface area contributed by atoms with Gasteiger partial charge in [0.05, 0.1) is 0 Å². The zero-order valence-corrected chi connectivity index (χ0v) is 13.5. The Balaban J connectivity index is 2.19. The molecule has 0 saturated heterocycles. The maximum absolute atomic E-state index is 12.3. The topological polar surface area (TPSA) is 54.0 Å². The van der Waals surface area contributed by atoms with E-state index >= 15 is 0 Å². The number of rotatable bonds is 6. The fourth-order valence-corrected chi connectivity index (χ4v) is 2.89. The first-order valence-corrected chi connectivity index (χ1v) is 8.39. The quantitative estimate of drug-likeness (QED) is 0.861. The minimum absolute atomic E-state index is 0.120. The summed E-state index contributed by atoms with van der Waals surface area (Å²) in [5.74, 6) is 2.10. The Bertz CT molecular complexity index is 630. The number of nitrogens with zero attached hydrogens (tertiary/aromatic N) is 1. The third-order valence-corrected chi connectivity index (χ3v) is 4.17. The standard InChI is InChI=1S/C16H21N3OS/c1-11(10-21-3)9-18-16(20)14-8-12-6-4-5-7-13(12)15(17-2)19-14/h4-8,11H,9-10H2,1-3H3,(H,17,19)(H,18,20). The van der Waals surface area contributed by atoms with Crippen molar-refractivity contribution in [1.82, 2.24) is 10.3 Å². The molecule has 2 rings (SSSR count). The molecule has 0 spiro atoms. The predicted molar refractivity (Wildman–Crippen MR) is 91.2 cm³/mol. The summed E-state index contributed by atoms with van der Waals surface area (Å²) in [5, 5.41) is 8.05. The van der Waals surface area contributed by atoms with Crippen molar-refractivity contribution in [2.24, 2.45) is 5.92 Å². The number of fused-ring (bicyclic) bond motifs is 1. The number of hydrogen-bond acceptors (Lipinski definition) is 4. The maximum atomic E-state index is 12.3. The lowest BCUT2D eigenvalue weighted by Crippen LogP contribution is -2.29. The number of thioether (sulfide) groups is 1. The van der Waals surface area contributed by atoms with E-state index in [4.69, 9.17) is 0 Å². The highest BCUT2D eigenvalue weighted by Crippen LogP contribution is 2.22. The van der Waals surface area contributed by atoms with Gasteiger partial charge in [-0.3, -0.25) is 4.79 Å². The van der Waals surface area contributed by atoms with Gasteiger partial charge in [0.2, 0.25) is 0 Å². The normalized spacial score (nSPS) is 12.1.